The van der Waals surface area contributed by atoms with E-state index < -0.39 is 5.41 Å². The lowest BCUT2D eigenvalue weighted by molar-refractivity contribution is -0.0309. The molecule has 0 aromatic carbocycles. The number of aryl methyl sites for hydroxylation is 1. The van der Waals surface area contributed by atoms with Gasteiger partial charge < -0.3 is 15.2 Å². The maximum absolute atomic E-state index is 9.52. The minimum absolute atomic E-state index is 0.346. The average Bonchev–Trinajstić information content (AvgIpc) is 2.49. The summed E-state index contributed by atoms with van der Waals surface area (Å²) in [6.45, 7) is 2.60. The highest BCUT2D eigenvalue weighted by Crippen LogP contribution is 2.38. The van der Waals surface area contributed by atoms with Crippen molar-refractivity contribution in [3.05, 3.63) is 35.8 Å². The quantitative estimate of drug-likeness (QED) is 0.928. The number of nitriles is 1. The predicted octanol–water partition coefficient (Wildman–Crippen LogP) is 1.83. The molecule has 0 saturated carbocycles. The molecule has 1 aliphatic heterocycles. The molecule has 0 spiro atoms. The van der Waals surface area contributed by atoms with Crippen LogP contribution in [0.3, 0.4) is 0 Å². The van der Waals surface area contributed by atoms with Gasteiger partial charge in [0.05, 0.1) is 38.3 Å². The third-order valence-electron chi connectivity index (χ3n) is 3.89. The van der Waals surface area contributed by atoms with Crippen LogP contribution in [0.4, 0.5) is 5.69 Å². The van der Waals surface area contributed by atoms with E-state index in [9.17, 15) is 5.26 Å². The summed E-state index contributed by atoms with van der Waals surface area (Å²) >= 11 is 0. The molecule has 2 aromatic heterocycles. The Morgan fingerprint density at radius 3 is 2.68 bits per heavy atom. The normalized spacial score (nSPS) is 15.7. The zero-order chi connectivity index (χ0) is 15.7. The highest BCUT2D eigenvalue weighted by Gasteiger charge is 2.43. The Balaban J connectivity index is 2.16. The van der Waals surface area contributed by atoms with Crippen molar-refractivity contribution in [3.8, 4) is 23.1 Å². The van der Waals surface area contributed by atoms with Crippen molar-refractivity contribution in [2.75, 3.05) is 26.1 Å². The number of aromatic nitrogens is 2. The zero-order valence-corrected chi connectivity index (χ0v) is 12.5. The summed E-state index contributed by atoms with van der Waals surface area (Å²) in [6.07, 6.45) is 3.32. The fourth-order valence-electron chi connectivity index (χ4n) is 2.53. The van der Waals surface area contributed by atoms with Crippen LogP contribution in [-0.4, -0.2) is 30.3 Å². The standard InChI is InChI=1S/C16H16N4O2/c1-10-13(4-12(18)6-19-10)11-3-14(15(21-2)20-5-11)16(7-17)8-22-9-16/h3-6H,8-9,18H2,1-2H3. The molecule has 3 heterocycles. The van der Waals surface area contributed by atoms with Crippen molar-refractivity contribution in [1.82, 2.24) is 9.97 Å². The van der Waals surface area contributed by atoms with Gasteiger partial charge >= 0.3 is 0 Å². The zero-order valence-electron chi connectivity index (χ0n) is 12.5. The Labute approximate surface area is 128 Å². The highest BCUT2D eigenvalue weighted by molar-refractivity contribution is 5.70. The van der Waals surface area contributed by atoms with Crippen LogP contribution in [0, 0.1) is 18.3 Å². The summed E-state index contributed by atoms with van der Waals surface area (Å²) in [5.41, 5.74) is 9.05. The van der Waals surface area contributed by atoms with Gasteiger partial charge in [-0.15, -0.1) is 0 Å². The molecule has 6 nitrogen and oxygen atoms in total. The Morgan fingerprint density at radius 1 is 1.32 bits per heavy atom. The first-order chi connectivity index (χ1) is 10.6. The van der Waals surface area contributed by atoms with Gasteiger partial charge in [0.15, 0.2) is 0 Å². The largest absolute Gasteiger partial charge is 0.481 e. The molecule has 1 saturated heterocycles. The van der Waals surface area contributed by atoms with Gasteiger partial charge in [0.25, 0.3) is 0 Å². The number of nitrogen functional groups attached to an aromatic ring is 1. The maximum atomic E-state index is 9.52. The summed E-state index contributed by atoms with van der Waals surface area (Å²) in [5.74, 6) is 0.447. The number of hydrogen-bond donors (Lipinski definition) is 1. The molecule has 6 heteroatoms. The molecule has 0 radical (unpaired) electrons. The second-order valence-electron chi connectivity index (χ2n) is 5.37. The fraction of sp³-hybridized carbons (Fsp3) is 0.312. The summed E-state index contributed by atoms with van der Waals surface area (Å²) in [4.78, 5) is 8.61. The van der Waals surface area contributed by atoms with Crippen molar-refractivity contribution in [1.29, 1.82) is 5.26 Å². The van der Waals surface area contributed by atoms with Crippen LogP contribution in [-0.2, 0) is 10.2 Å². The predicted molar refractivity (Wildman–Crippen MR) is 81.3 cm³/mol. The summed E-state index contributed by atoms with van der Waals surface area (Å²) in [7, 11) is 1.55. The first-order valence-corrected chi connectivity index (χ1v) is 6.85. The number of hydrogen-bond acceptors (Lipinski definition) is 6. The SMILES string of the molecule is COc1ncc(-c2cc(N)cnc2C)cc1C1(C#N)COC1. The third kappa shape index (κ3) is 2.16. The van der Waals surface area contributed by atoms with Crippen molar-refractivity contribution in [2.24, 2.45) is 0 Å². The Bertz CT molecular complexity index is 763. The third-order valence-corrected chi connectivity index (χ3v) is 3.89. The van der Waals surface area contributed by atoms with Crippen LogP contribution >= 0.6 is 0 Å². The van der Waals surface area contributed by atoms with Gasteiger partial charge in [-0.3, -0.25) is 4.98 Å². The molecule has 112 valence electrons. The Kier molecular flexibility index (Phi) is 3.43. The van der Waals surface area contributed by atoms with E-state index in [2.05, 4.69) is 16.0 Å². The number of pyridine rings is 2. The number of ether oxygens (including phenoxy) is 2. The molecule has 1 aliphatic rings. The molecular weight excluding hydrogens is 280 g/mol. The number of rotatable bonds is 3. The first-order valence-electron chi connectivity index (χ1n) is 6.85. The number of nitrogens with zero attached hydrogens (tertiary/aromatic N) is 3. The van der Waals surface area contributed by atoms with E-state index in [0.29, 0.717) is 24.8 Å². The van der Waals surface area contributed by atoms with Gasteiger partial charge in [-0.2, -0.15) is 5.26 Å². The number of nitrogens with two attached hydrogens (primary N) is 1. The summed E-state index contributed by atoms with van der Waals surface area (Å²) < 4.78 is 10.5. The van der Waals surface area contributed by atoms with Gasteiger partial charge in [0, 0.05) is 28.6 Å². The van der Waals surface area contributed by atoms with E-state index in [0.717, 1.165) is 22.4 Å². The van der Waals surface area contributed by atoms with Crippen LogP contribution in [0.25, 0.3) is 11.1 Å². The Morgan fingerprint density at radius 2 is 2.09 bits per heavy atom. The van der Waals surface area contributed by atoms with Crippen LogP contribution in [0.1, 0.15) is 11.3 Å². The van der Waals surface area contributed by atoms with Gasteiger partial charge in [0.2, 0.25) is 5.88 Å². The lowest BCUT2D eigenvalue weighted by Crippen LogP contribution is -2.45. The number of methoxy groups -OCH3 is 1. The van der Waals surface area contributed by atoms with Crippen molar-refractivity contribution in [3.63, 3.8) is 0 Å². The molecule has 0 amide bonds. The van der Waals surface area contributed by atoms with E-state index >= 15 is 0 Å². The molecule has 1 fully saturated rings. The maximum Gasteiger partial charge on any atom is 0.218 e. The van der Waals surface area contributed by atoms with Gasteiger partial charge in [-0.05, 0) is 19.1 Å². The molecule has 0 atom stereocenters. The highest BCUT2D eigenvalue weighted by atomic mass is 16.5. The van der Waals surface area contributed by atoms with E-state index in [-0.39, 0.29) is 0 Å². The van der Waals surface area contributed by atoms with E-state index in [1.165, 1.54) is 0 Å². The van der Waals surface area contributed by atoms with Gasteiger partial charge in [-0.1, -0.05) is 0 Å². The lowest BCUT2D eigenvalue weighted by atomic mass is 9.79. The second kappa shape index (κ2) is 5.28. The van der Waals surface area contributed by atoms with Gasteiger partial charge in [0.1, 0.15) is 5.41 Å². The fourth-order valence-corrected chi connectivity index (χ4v) is 2.53. The van der Waals surface area contributed by atoms with Crippen molar-refractivity contribution >= 4 is 5.69 Å². The second-order valence-corrected chi connectivity index (χ2v) is 5.37. The van der Waals surface area contributed by atoms with Crippen LogP contribution in [0.15, 0.2) is 24.5 Å². The first kappa shape index (κ1) is 14.3. The smallest absolute Gasteiger partial charge is 0.218 e. The van der Waals surface area contributed by atoms with E-state index in [1.54, 1.807) is 19.5 Å². The molecule has 2 aromatic rings. The Hall–Kier alpha value is -2.65. The summed E-state index contributed by atoms with van der Waals surface area (Å²) in [5, 5.41) is 9.52. The minimum atomic E-state index is -0.698. The van der Waals surface area contributed by atoms with Crippen molar-refractivity contribution in [2.45, 2.75) is 12.3 Å². The van der Waals surface area contributed by atoms with Crippen molar-refractivity contribution < 1.29 is 9.47 Å². The average molecular weight is 296 g/mol. The van der Waals surface area contributed by atoms with E-state index in [4.69, 9.17) is 15.2 Å². The monoisotopic (exact) mass is 296 g/mol. The molecular formula is C16H16N4O2. The van der Waals surface area contributed by atoms with Gasteiger partial charge in [-0.25, -0.2) is 4.98 Å². The molecule has 2 N–H and O–H groups in total. The number of anilines is 1. The molecule has 0 bridgehead atoms. The van der Waals surface area contributed by atoms with E-state index in [1.807, 2.05) is 19.1 Å². The lowest BCUT2D eigenvalue weighted by Gasteiger charge is -2.35. The van der Waals surface area contributed by atoms with Crippen LogP contribution in [0.2, 0.25) is 0 Å². The summed E-state index contributed by atoms with van der Waals surface area (Å²) in [6, 6.07) is 6.10. The topological polar surface area (TPSA) is 94.0 Å². The molecule has 0 unspecified atom stereocenters. The molecule has 22 heavy (non-hydrogen) atoms. The van der Waals surface area contributed by atoms with Crippen LogP contribution < -0.4 is 10.5 Å². The molecule has 0 aliphatic carbocycles. The minimum Gasteiger partial charge on any atom is -0.481 e. The molecule has 3 rings (SSSR count). The van der Waals surface area contributed by atoms with Crippen LogP contribution in [0.5, 0.6) is 5.88 Å².